The molecule has 33 heavy (non-hydrogen) atoms. The highest BCUT2D eigenvalue weighted by Crippen LogP contribution is 2.52. The van der Waals surface area contributed by atoms with Crippen molar-refractivity contribution < 1.29 is 23.9 Å². The van der Waals surface area contributed by atoms with E-state index in [1.165, 1.54) is 46.0 Å². The van der Waals surface area contributed by atoms with E-state index < -0.39 is 22.8 Å². The fourth-order valence-electron chi connectivity index (χ4n) is 3.78. The van der Waals surface area contributed by atoms with E-state index in [1.54, 1.807) is 31.1 Å². The zero-order valence-electron chi connectivity index (χ0n) is 18.1. The molecule has 0 spiro atoms. The number of methoxy groups -OCH3 is 1. The van der Waals surface area contributed by atoms with Gasteiger partial charge in [-0.15, -0.1) is 22.0 Å². The summed E-state index contributed by atoms with van der Waals surface area (Å²) in [6.07, 6.45) is 0. The molecule has 0 radical (unpaired) electrons. The number of amides is 2. The number of carbonyl (C=O) groups is 3. The van der Waals surface area contributed by atoms with Crippen molar-refractivity contribution in [3.63, 3.8) is 0 Å². The average Bonchev–Trinajstić information content (AvgIpc) is 3.35. The SMILES string of the molecule is COc1ccc(COC(=O)C2(C)CN3C(=O)C(N(C(C)=O)c4nncs4)[C@H]3SC2=CCl)cc1. The first kappa shape index (κ1) is 23.5. The molecular weight excluding hydrogens is 488 g/mol. The predicted octanol–water partition coefficient (Wildman–Crippen LogP) is 3.01. The quantitative estimate of drug-likeness (QED) is 0.433. The first-order valence-electron chi connectivity index (χ1n) is 9.94. The van der Waals surface area contributed by atoms with E-state index in [2.05, 4.69) is 10.2 Å². The number of carbonyl (C=O) groups excluding carboxylic acids is 3. The molecule has 0 aliphatic carbocycles. The molecule has 2 aliphatic rings. The van der Waals surface area contributed by atoms with Gasteiger partial charge in [0.05, 0.1) is 7.11 Å². The number of esters is 1. The van der Waals surface area contributed by atoms with E-state index in [-0.39, 0.29) is 25.0 Å². The van der Waals surface area contributed by atoms with Gasteiger partial charge in [0.2, 0.25) is 16.9 Å². The highest BCUT2D eigenvalue weighted by atomic mass is 35.5. The third-order valence-corrected chi connectivity index (χ3v) is 8.25. The highest BCUT2D eigenvalue weighted by Gasteiger charge is 2.60. The van der Waals surface area contributed by atoms with Gasteiger partial charge in [0, 0.05) is 23.9 Å². The van der Waals surface area contributed by atoms with E-state index >= 15 is 0 Å². The van der Waals surface area contributed by atoms with Gasteiger partial charge in [-0.1, -0.05) is 35.1 Å². The maximum absolute atomic E-state index is 13.1. The van der Waals surface area contributed by atoms with E-state index in [1.807, 2.05) is 12.1 Å². The summed E-state index contributed by atoms with van der Waals surface area (Å²) in [5.74, 6) is -0.354. The minimum Gasteiger partial charge on any atom is -0.497 e. The van der Waals surface area contributed by atoms with E-state index in [9.17, 15) is 14.4 Å². The summed E-state index contributed by atoms with van der Waals surface area (Å²) in [4.78, 5) is 41.9. The zero-order chi connectivity index (χ0) is 23.8. The van der Waals surface area contributed by atoms with Crippen molar-refractivity contribution in [2.75, 3.05) is 18.6 Å². The van der Waals surface area contributed by atoms with Crippen LogP contribution in [0.25, 0.3) is 0 Å². The summed E-state index contributed by atoms with van der Waals surface area (Å²) in [6.45, 7) is 3.26. The Morgan fingerprint density at radius 3 is 2.67 bits per heavy atom. The van der Waals surface area contributed by atoms with Gasteiger partial charge in [0.15, 0.2) is 0 Å². The van der Waals surface area contributed by atoms with Gasteiger partial charge in [-0.3, -0.25) is 19.3 Å². The van der Waals surface area contributed by atoms with Gasteiger partial charge in [-0.2, -0.15) is 0 Å². The maximum Gasteiger partial charge on any atom is 0.319 e. The molecule has 2 saturated heterocycles. The van der Waals surface area contributed by atoms with Crippen LogP contribution in [0.1, 0.15) is 19.4 Å². The zero-order valence-corrected chi connectivity index (χ0v) is 20.4. The highest BCUT2D eigenvalue weighted by molar-refractivity contribution is 8.04. The third kappa shape index (κ3) is 4.20. The summed E-state index contributed by atoms with van der Waals surface area (Å²) in [5, 5.41) is 7.67. The monoisotopic (exact) mass is 508 g/mol. The second-order valence-electron chi connectivity index (χ2n) is 7.76. The van der Waals surface area contributed by atoms with Crippen molar-refractivity contribution in [2.45, 2.75) is 31.9 Å². The second kappa shape index (κ2) is 9.32. The number of nitrogens with zero attached hydrogens (tertiary/aromatic N) is 4. The summed E-state index contributed by atoms with van der Waals surface area (Å²) in [5.41, 5.74) is 2.53. The second-order valence-corrected chi connectivity index (χ2v) is 9.95. The molecule has 4 rings (SSSR count). The number of anilines is 1. The first-order chi connectivity index (χ1) is 15.8. The first-order valence-corrected chi connectivity index (χ1v) is 12.1. The fraction of sp³-hybridized carbons (Fsp3) is 0.381. The van der Waals surface area contributed by atoms with Crippen LogP contribution in [0.2, 0.25) is 0 Å². The number of hydrogen-bond acceptors (Lipinski definition) is 9. The van der Waals surface area contributed by atoms with E-state index in [0.29, 0.717) is 15.8 Å². The van der Waals surface area contributed by atoms with Crippen LogP contribution < -0.4 is 9.64 Å². The van der Waals surface area contributed by atoms with Crippen LogP contribution in [-0.4, -0.2) is 58.0 Å². The fourth-order valence-corrected chi connectivity index (χ4v) is 6.21. The number of halogens is 1. The Balaban J connectivity index is 1.49. The number of rotatable bonds is 6. The molecule has 174 valence electrons. The number of aromatic nitrogens is 2. The van der Waals surface area contributed by atoms with Crippen LogP contribution in [0.4, 0.5) is 5.13 Å². The Morgan fingerprint density at radius 1 is 1.36 bits per heavy atom. The van der Waals surface area contributed by atoms with Crippen LogP contribution >= 0.6 is 34.7 Å². The number of thioether (sulfide) groups is 1. The topological polar surface area (TPSA) is 102 Å². The summed E-state index contributed by atoms with van der Waals surface area (Å²) >= 11 is 8.57. The Hall–Kier alpha value is -2.63. The number of β-lactam (4-membered cyclic amide) rings is 1. The molecule has 2 amide bonds. The Kier molecular flexibility index (Phi) is 6.64. The van der Waals surface area contributed by atoms with Crippen LogP contribution in [0.15, 0.2) is 40.2 Å². The minimum absolute atomic E-state index is 0.0772. The van der Waals surface area contributed by atoms with Gasteiger partial charge in [-0.05, 0) is 24.6 Å². The van der Waals surface area contributed by atoms with Crippen molar-refractivity contribution in [1.29, 1.82) is 0 Å². The van der Waals surface area contributed by atoms with Crippen LogP contribution in [0, 0.1) is 5.41 Å². The lowest BCUT2D eigenvalue weighted by Gasteiger charge is -2.55. The molecule has 0 bridgehead atoms. The lowest BCUT2D eigenvalue weighted by Crippen LogP contribution is -2.73. The molecule has 9 nitrogen and oxygen atoms in total. The van der Waals surface area contributed by atoms with Gasteiger partial charge >= 0.3 is 5.97 Å². The lowest BCUT2D eigenvalue weighted by atomic mass is 9.87. The number of fused-ring (bicyclic) bond motifs is 1. The maximum atomic E-state index is 13.1. The van der Waals surface area contributed by atoms with Crippen molar-refractivity contribution in [3.05, 3.63) is 45.8 Å². The Labute approximate surface area is 203 Å². The molecule has 3 heterocycles. The number of benzene rings is 1. The van der Waals surface area contributed by atoms with E-state index in [0.717, 1.165) is 5.56 Å². The molecule has 12 heteroatoms. The molecule has 1 aromatic heterocycles. The van der Waals surface area contributed by atoms with Crippen molar-refractivity contribution in [2.24, 2.45) is 5.41 Å². The summed E-state index contributed by atoms with van der Waals surface area (Å²) in [6, 6.07) is 6.45. The third-order valence-electron chi connectivity index (χ3n) is 5.64. The van der Waals surface area contributed by atoms with Crippen LogP contribution in [0.5, 0.6) is 5.75 Å². The molecule has 2 aromatic rings. The lowest BCUT2D eigenvalue weighted by molar-refractivity contribution is -0.160. The predicted molar refractivity (Wildman–Crippen MR) is 125 cm³/mol. The van der Waals surface area contributed by atoms with Crippen molar-refractivity contribution >= 4 is 57.6 Å². The molecule has 3 atom stereocenters. The summed E-state index contributed by atoms with van der Waals surface area (Å²) in [7, 11) is 1.58. The Bertz CT molecular complexity index is 1090. The average molecular weight is 509 g/mol. The number of ether oxygens (including phenoxy) is 2. The van der Waals surface area contributed by atoms with Gasteiger partial charge < -0.3 is 14.4 Å². The van der Waals surface area contributed by atoms with E-state index in [4.69, 9.17) is 21.1 Å². The van der Waals surface area contributed by atoms with Gasteiger partial charge in [0.25, 0.3) is 0 Å². The molecule has 0 N–H and O–H groups in total. The minimum atomic E-state index is -1.13. The van der Waals surface area contributed by atoms with Gasteiger partial charge in [0.1, 0.15) is 34.7 Å². The summed E-state index contributed by atoms with van der Waals surface area (Å²) < 4.78 is 10.7. The van der Waals surface area contributed by atoms with Crippen LogP contribution in [0.3, 0.4) is 0 Å². The van der Waals surface area contributed by atoms with Crippen LogP contribution in [-0.2, 0) is 25.7 Å². The smallest absolute Gasteiger partial charge is 0.319 e. The van der Waals surface area contributed by atoms with Crippen molar-refractivity contribution in [1.82, 2.24) is 15.1 Å². The van der Waals surface area contributed by atoms with Crippen molar-refractivity contribution in [3.8, 4) is 5.75 Å². The standard InChI is InChI=1S/C21H21ClN4O5S2/c1-12(27)26(20-24-23-11-32-20)16-17(28)25-10-21(2,15(8-22)33-18(16)25)19(29)31-9-13-4-6-14(30-3)7-5-13/h4-8,11,16,18H,9-10H2,1-3H3/t16?,18-,21?/m1/s1. The Morgan fingerprint density at radius 2 is 2.09 bits per heavy atom. The van der Waals surface area contributed by atoms with Gasteiger partial charge in [-0.25, -0.2) is 0 Å². The molecule has 2 unspecified atom stereocenters. The molecule has 1 aromatic carbocycles. The molecular formula is C21H21ClN4O5S2. The molecule has 2 fully saturated rings. The number of hydrogen-bond donors (Lipinski definition) is 0. The molecule has 2 aliphatic heterocycles. The normalized spacial score (nSPS) is 25.3. The largest absolute Gasteiger partial charge is 0.497 e. The molecule has 0 saturated carbocycles.